The third-order valence-corrected chi connectivity index (χ3v) is 4.08. The normalized spacial score (nSPS) is 11.2. The van der Waals surface area contributed by atoms with Crippen LogP contribution in [-0.4, -0.2) is 58.2 Å². The van der Waals surface area contributed by atoms with Gasteiger partial charge in [-0.2, -0.15) is 0 Å². The number of methoxy groups -OCH3 is 1. The summed E-state index contributed by atoms with van der Waals surface area (Å²) in [5.74, 6) is 1.81. The molecule has 0 atom stereocenters. The predicted molar refractivity (Wildman–Crippen MR) is 119 cm³/mol. The molecule has 0 heterocycles. The van der Waals surface area contributed by atoms with Crippen molar-refractivity contribution in [2.45, 2.75) is 33.1 Å². The summed E-state index contributed by atoms with van der Waals surface area (Å²) in [6.07, 6.45) is 3.43. The van der Waals surface area contributed by atoms with Crippen LogP contribution in [0.1, 0.15) is 30.9 Å². The molecule has 0 aliphatic heterocycles. The Labute approximate surface area is 170 Å². The minimum absolute atomic E-state index is 0. The van der Waals surface area contributed by atoms with Crippen LogP contribution in [0, 0.1) is 6.92 Å². The molecule has 0 saturated heterocycles. The van der Waals surface area contributed by atoms with Crippen molar-refractivity contribution in [2.24, 2.45) is 4.99 Å². The topological polar surface area (TPSA) is 48.9 Å². The van der Waals surface area contributed by atoms with E-state index in [0.717, 1.165) is 44.3 Å². The summed E-state index contributed by atoms with van der Waals surface area (Å²) in [5.41, 5.74) is 2.43. The molecule has 0 radical (unpaired) electrons. The van der Waals surface area contributed by atoms with Crippen LogP contribution < -0.4 is 15.4 Å². The number of likely N-dealkylation sites (N-methyl/N-ethyl adjacent to an activating group) is 1. The molecule has 0 aliphatic carbocycles. The summed E-state index contributed by atoms with van der Waals surface area (Å²) in [6.45, 7) is 8.21. The fraction of sp³-hybridized carbons (Fsp3) is 0.632. The van der Waals surface area contributed by atoms with Crippen molar-refractivity contribution in [1.82, 2.24) is 15.5 Å². The number of unbranched alkanes of at least 4 members (excludes halogenated alkanes) is 1. The van der Waals surface area contributed by atoms with Gasteiger partial charge in [-0.1, -0.05) is 25.5 Å². The average molecular weight is 462 g/mol. The maximum Gasteiger partial charge on any atom is 0.191 e. The van der Waals surface area contributed by atoms with Crippen LogP contribution in [0.25, 0.3) is 0 Å². The van der Waals surface area contributed by atoms with Crippen LogP contribution in [0.4, 0.5) is 0 Å². The Morgan fingerprint density at radius 3 is 2.56 bits per heavy atom. The second-order valence-corrected chi connectivity index (χ2v) is 6.14. The first-order chi connectivity index (χ1) is 11.6. The molecule has 0 fully saturated rings. The fourth-order valence-electron chi connectivity index (χ4n) is 2.47. The number of guanidine groups is 1. The van der Waals surface area contributed by atoms with Gasteiger partial charge in [0, 0.05) is 26.7 Å². The van der Waals surface area contributed by atoms with E-state index < -0.39 is 0 Å². The van der Waals surface area contributed by atoms with Gasteiger partial charge in [0.05, 0.1) is 7.11 Å². The van der Waals surface area contributed by atoms with Gasteiger partial charge in [0.15, 0.2) is 5.96 Å². The van der Waals surface area contributed by atoms with Crippen molar-refractivity contribution in [1.29, 1.82) is 0 Å². The first-order valence-corrected chi connectivity index (χ1v) is 8.87. The largest absolute Gasteiger partial charge is 0.496 e. The molecule has 0 aliphatic rings. The minimum Gasteiger partial charge on any atom is -0.496 e. The van der Waals surface area contributed by atoms with E-state index in [1.165, 1.54) is 24.0 Å². The lowest BCUT2D eigenvalue weighted by atomic mass is 10.1. The Morgan fingerprint density at radius 1 is 1.20 bits per heavy atom. The third-order valence-electron chi connectivity index (χ3n) is 4.08. The maximum atomic E-state index is 5.38. The molecule has 0 unspecified atom stereocenters. The number of hydrogen-bond acceptors (Lipinski definition) is 3. The number of ether oxygens (including phenoxy) is 1. The summed E-state index contributed by atoms with van der Waals surface area (Å²) in [4.78, 5) is 6.63. The van der Waals surface area contributed by atoms with Gasteiger partial charge in [-0.3, -0.25) is 4.99 Å². The molecule has 0 spiro atoms. The van der Waals surface area contributed by atoms with E-state index in [1.54, 1.807) is 7.11 Å². The first-order valence-electron chi connectivity index (χ1n) is 8.87. The summed E-state index contributed by atoms with van der Waals surface area (Å²) < 4.78 is 5.38. The standard InChI is InChI=1S/C19H34N4O.HI/c1-6-7-13-23(4)14-12-22-19(20-3)21-11-10-17-9-8-16(2)18(15-17)24-5;/h8-9,15H,6-7,10-14H2,1-5H3,(H2,20,21,22);1H. The molecule has 6 heteroatoms. The van der Waals surface area contributed by atoms with Crippen LogP contribution in [0.3, 0.4) is 0 Å². The highest BCUT2D eigenvalue weighted by Gasteiger charge is 2.02. The van der Waals surface area contributed by atoms with Gasteiger partial charge in [0.25, 0.3) is 0 Å². The lowest BCUT2D eigenvalue weighted by molar-refractivity contribution is 0.332. The molecule has 25 heavy (non-hydrogen) atoms. The third kappa shape index (κ3) is 9.89. The molecule has 5 nitrogen and oxygen atoms in total. The zero-order chi connectivity index (χ0) is 17.8. The maximum absolute atomic E-state index is 5.38. The summed E-state index contributed by atoms with van der Waals surface area (Å²) in [7, 11) is 5.69. The highest BCUT2D eigenvalue weighted by atomic mass is 127. The average Bonchev–Trinajstić information content (AvgIpc) is 2.59. The van der Waals surface area contributed by atoms with E-state index in [4.69, 9.17) is 4.74 Å². The summed E-state index contributed by atoms with van der Waals surface area (Å²) in [6, 6.07) is 6.36. The van der Waals surface area contributed by atoms with Gasteiger partial charge in [0.1, 0.15) is 5.75 Å². The number of benzene rings is 1. The second kappa shape index (κ2) is 14.2. The van der Waals surface area contributed by atoms with E-state index in [0.29, 0.717) is 0 Å². The predicted octanol–water partition coefficient (Wildman–Crippen LogP) is 3.06. The number of nitrogens with one attached hydrogen (secondary N) is 2. The van der Waals surface area contributed by atoms with Crippen molar-refractivity contribution < 1.29 is 4.74 Å². The van der Waals surface area contributed by atoms with Crippen molar-refractivity contribution in [3.05, 3.63) is 29.3 Å². The van der Waals surface area contributed by atoms with Gasteiger partial charge in [-0.25, -0.2) is 0 Å². The van der Waals surface area contributed by atoms with Crippen molar-refractivity contribution in [3.8, 4) is 5.75 Å². The number of halogens is 1. The lowest BCUT2D eigenvalue weighted by Crippen LogP contribution is -2.41. The van der Waals surface area contributed by atoms with E-state index in [2.05, 4.69) is 59.6 Å². The van der Waals surface area contributed by atoms with Gasteiger partial charge in [0.2, 0.25) is 0 Å². The number of rotatable bonds is 10. The van der Waals surface area contributed by atoms with Gasteiger partial charge >= 0.3 is 0 Å². The molecule has 0 saturated carbocycles. The summed E-state index contributed by atoms with van der Waals surface area (Å²) in [5, 5.41) is 6.73. The fourth-order valence-corrected chi connectivity index (χ4v) is 2.47. The molecule has 1 aromatic carbocycles. The molecule has 0 amide bonds. The minimum atomic E-state index is 0. The number of aliphatic imine (C=N–C) groups is 1. The highest BCUT2D eigenvalue weighted by Crippen LogP contribution is 2.18. The zero-order valence-corrected chi connectivity index (χ0v) is 18.7. The van der Waals surface area contributed by atoms with Gasteiger partial charge in [-0.05, 0) is 50.6 Å². The molecule has 1 aromatic rings. The Balaban J connectivity index is 0.00000576. The highest BCUT2D eigenvalue weighted by molar-refractivity contribution is 14.0. The molecule has 2 N–H and O–H groups in total. The lowest BCUT2D eigenvalue weighted by Gasteiger charge is -2.18. The van der Waals surface area contributed by atoms with Crippen LogP contribution in [-0.2, 0) is 6.42 Å². The monoisotopic (exact) mass is 462 g/mol. The second-order valence-electron chi connectivity index (χ2n) is 6.14. The van der Waals surface area contributed by atoms with Gasteiger partial charge in [-0.15, -0.1) is 24.0 Å². The van der Waals surface area contributed by atoms with E-state index in [-0.39, 0.29) is 24.0 Å². The van der Waals surface area contributed by atoms with Crippen LogP contribution >= 0.6 is 24.0 Å². The molecule has 144 valence electrons. The van der Waals surface area contributed by atoms with E-state index in [1.807, 2.05) is 7.05 Å². The molecule has 1 rings (SSSR count). The van der Waals surface area contributed by atoms with Crippen molar-refractivity contribution in [2.75, 3.05) is 47.4 Å². The Morgan fingerprint density at radius 2 is 1.92 bits per heavy atom. The van der Waals surface area contributed by atoms with Gasteiger partial charge < -0.3 is 20.3 Å². The van der Waals surface area contributed by atoms with Crippen molar-refractivity contribution >= 4 is 29.9 Å². The Hall–Kier alpha value is -1.02. The quantitative estimate of drug-likeness (QED) is 0.319. The Kier molecular flexibility index (Phi) is 13.6. The smallest absolute Gasteiger partial charge is 0.191 e. The molecular weight excluding hydrogens is 427 g/mol. The van der Waals surface area contributed by atoms with Crippen LogP contribution in [0.15, 0.2) is 23.2 Å². The summed E-state index contributed by atoms with van der Waals surface area (Å²) >= 11 is 0. The number of aryl methyl sites for hydroxylation is 1. The van der Waals surface area contributed by atoms with Crippen LogP contribution in [0.5, 0.6) is 5.75 Å². The zero-order valence-electron chi connectivity index (χ0n) is 16.4. The SMILES string of the molecule is CCCCN(C)CCNC(=NC)NCCc1ccc(C)c(OC)c1.I. The van der Waals surface area contributed by atoms with E-state index >= 15 is 0 Å². The molecule has 0 bridgehead atoms. The first kappa shape index (κ1) is 24.0. The Bertz CT molecular complexity index is 508. The van der Waals surface area contributed by atoms with E-state index in [9.17, 15) is 0 Å². The van der Waals surface area contributed by atoms with Crippen molar-refractivity contribution in [3.63, 3.8) is 0 Å². The molecular formula is C19H35IN4O. The number of nitrogens with zero attached hydrogens (tertiary/aromatic N) is 2. The molecule has 0 aromatic heterocycles. The van der Waals surface area contributed by atoms with Crippen LogP contribution in [0.2, 0.25) is 0 Å². The number of hydrogen-bond donors (Lipinski definition) is 2.